The smallest absolute Gasteiger partial charge is 0.277 e. The Bertz CT molecular complexity index is 902. The number of anilines is 1. The highest BCUT2D eigenvalue weighted by Gasteiger charge is 2.17. The number of H-pyrrole nitrogens is 2. The first-order valence-corrected chi connectivity index (χ1v) is 7.26. The van der Waals surface area contributed by atoms with Crippen molar-refractivity contribution in [1.29, 1.82) is 5.26 Å². The maximum absolute atomic E-state index is 12.2. The second-order valence-electron chi connectivity index (χ2n) is 4.18. The number of nitrogens with one attached hydrogen (secondary N) is 3. The summed E-state index contributed by atoms with van der Waals surface area (Å²) < 4.78 is 26.8. The van der Waals surface area contributed by atoms with E-state index in [9.17, 15) is 8.42 Å². The molecule has 0 bridgehead atoms. The van der Waals surface area contributed by atoms with Crippen LogP contribution in [0.25, 0.3) is 10.9 Å². The third-order valence-electron chi connectivity index (χ3n) is 2.94. The van der Waals surface area contributed by atoms with E-state index >= 15 is 0 Å². The third-order valence-corrected chi connectivity index (χ3v) is 4.26. The maximum Gasteiger partial charge on any atom is 0.277 e. The van der Waals surface area contributed by atoms with Crippen molar-refractivity contribution in [2.24, 2.45) is 0 Å². The standard InChI is InChI=1S/C13H10N4O2S/c14-7-9-8-16-13-10(9)3-1-4-11(13)17-20(18,19)12-5-2-6-15-12/h1-6,8,15-17H. The number of benzene rings is 1. The van der Waals surface area contributed by atoms with Crippen molar-refractivity contribution < 1.29 is 8.42 Å². The Labute approximate surface area is 115 Å². The largest absolute Gasteiger partial charge is 0.358 e. The molecule has 0 radical (unpaired) electrons. The number of nitrogens with zero attached hydrogens (tertiary/aromatic N) is 1. The van der Waals surface area contributed by atoms with E-state index in [1.807, 2.05) is 0 Å². The van der Waals surface area contributed by atoms with E-state index in [2.05, 4.69) is 20.8 Å². The van der Waals surface area contributed by atoms with E-state index in [4.69, 9.17) is 5.26 Å². The molecule has 100 valence electrons. The maximum atomic E-state index is 12.2. The van der Waals surface area contributed by atoms with Gasteiger partial charge in [0.05, 0.1) is 16.8 Å². The van der Waals surface area contributed by atoms with Crippen molar-refractivity contribution >= 4 is 26.6 Å². The molecule has 0 aliphatic rings. The van der Waals surface area contributed by atoms with Crippen molar-refractivity contribution in [3.63, 3.8) is 0 Å². The van der Waals surface area contributed by atoms with Crippen molar-refractivity contribution in [3.05, 3.63) is 48.3 Å². The Morgan fingerprint density at radius 3 is 2.70 bits per heavy atom. The predicted octanol–water partition coefficient (Wildman–Crippen LogP) is 2.17. The summed E-state index contributed by atoms with van der Waals surface area (Å²) in [5.74, 6) is 0. The summed E-state index contributed by atoms with van der Waals surface area (Å²) >= 11 is 0. The van der Waals surface area contributed by atoms with Gasteiger partial charge >= 0.3 is 0 Å². The number of nitriles is 1. The second-order valence-corrected chi connectivity index (χ2v) is 5.83. The summed E-state index contributed by atoms with van der Waals surface area (Å²) in [4.78, 5) is 5.57. The third kappa shape index (κ3) is 1.92. The summed E-state index contributed by atoms with van der Waals surface area (Å²) in [6.07, 6.45) is 3.09. The van der Waals surface area contributed by atoms with Crippen LogP contribution in [0, 0.1) is 11.3 Å². The monoisotopic (exact) mass is 286 g/mol. The first-order chi connectivity index (χ1) is 9.62. The molecule has 1 aromatic carbocycles. The van der Waals surface area contributed by atoms with Crippen molar-refractivity contribution in [2.45, 2.75) is 5.03 Å². The van der Waals surface area contributed by atoms with Gasteiger partial charge in [0.15, 0.2) is 5.03 Å². The molecule has 0 unspecified atom stereocenters. The predicted molar refractivity (Wildman–Crippen MR) is 74.6 cm³/mol. The minimum Gasteiger partial charge on any atom is -0.358 e. The lowest BCUT2D eigenvalue weighted by Crippen LogP contribution is -2.13. The van der Waals surface area contributed by atoms with Gasteiger partial charge in [-0.2, -0.15) is 13.7 Å². The molecule has 7 heteroatoms. The average molecular weight is 286 g/mol. The van der Waals surface area contributed by atoms with Crippen LogP contribution < -0.4 is 4.72 Å². The molecule has 0 fully saturated rings. The molecular weight excluding hydrogens is 276 g/mol. The van der Waals surface area contributed by atoms with Crippen LogP contribution in [-0.4, -0.2) is 18.4 Å². The fourth-order valence-electron chi connectivity index (χ4n) is 2.01. The topological polar surface area (TPSA) is 102 Å². The van der Waals surface area contributed by atoms with Crippen LogP contribution in [0.2, 0.25) is 0 Å². The van der Waals surface area contributed by atoms with Crippen molar-refractivity contribution in [3.8, 4) is 6.07 Å². The van der Waals surface area contributed by atoms with Crippen LogP contribution in [0.3, 0.4) is 0 Å². The van der Waals surface area contributed by atoms with Gasteiger partial charge in [0, 0.05) is 17.8 Å². The number of para-hydroxylation sites is 1. The highest BCUT2D eigenvalue weighted by Crippen LogP contribution is 2.26. The van der Waals surface area contributed by atoms with Gasteiger partial charge in [-0.25, -0.2) is 0 Å². The molecule has 2 aromatic heterocycles. The van der Waals surface area contributed by atoms with E-state index in [0.29, 0.717) is 22.2 Å². The number of aromatic nitrogens is 2. The van der Waals surface area contributed by atoms with Crippen LogP contribution in [-0.2, 0) is 10.0 Å². The van der Waals surface area contributed by atoms with Crippen LogP contribution in [0.15, 0.2) is 47.8 Å². The fraction of sp³-hybridized carbons (Fsp3) is 0. The van der Waals surface area contributed by atoms with Gasteiger partial charge < -0.3 is 9.97 Å². The molecule has 0 aliphatic carbocycles. The molecule has 3 rings (SSSR count). The number of hydrogen-bond acceptors (Lipinski definition) is 3. The van der Waals surface area contributed by atoms with Crippen LogP contribution in [0.1, 0.15) is 5.56 Å². The summed E-state index contributed by atoms with van der Waals surface area (Å²) in [6, 6.07) is 10.2. The SMILES string of the molecule is N#Cc1c[nH]c2c(NS(=O)(=O)c3ccc[nH]3)cccc12. The fourth-order valence-corrected chi connectivity index (χ4v) is 3.06. The minimum absolute atomic E-state index is 0.0848. The van der Waals surface area contributed by atoms with Crippen LogP contribution in [0.4, 0.5) is 5.69 Å². The molecule has 0 saturated heterocycles. The summed E-state index contributed by atoms with van der Waals surface area (Å²) in [6.45, 7) is 0. The van der Waals surface area contributed by atoms with Gasteiger partial charge in [0.25, 0.3) is 10.0 Å². The van der Waals surface area contributed by atoms with E-state index in [-0.39, 0.29) is 5.03 Å². The Hall–Kier alpha value is -2.72. The molecule has 0 amide bonds. The van der Waals surface area contributed by atoms with Gasteiger partial charge in [-0.05, 0) is 18.2 Å². The lowest BCUT2D eigenvalue weighted by atomic mass is 10.2. The molecule has 3 aromatic rings. The van der Waals surface area contributed by atoms with E-state index in [1.165, 1.54) is 12.3 Å². The zero-order chi connectivity index (χ0) is 14.2. The average Bonchev–Trinajstić information content (AvgIpc) is 3.08. The molecular formula is C13H10N4O2S. The van der Waals surface area contributed by atoms with Gasteiger partial charge in [0.1, 0.15) is 6.07 Å². The van der Waals surface area contributed by atoms with Gasteiger partial charge in [-0.1, -0.05) is 12.1 Å². The first kappa shape index (κ1) is 12.3. The Morgan fingerprint density at radius 2 is 2.00 bits per heavy atom. The molecule has 2 heterocycles. The van der Waals surface area contributed by atoms with E-state index in [1.54, 1.807) is 30.5 Å². The van der Waals surface area contributed by atoms with Crippen LogP contribution in [0.5, 0.6) is 0 Å². The highest BCUT2D eigenvalue weighted by atomic mass is 32.2. The van der Waals surface area contributed by atoms with Crippen LogP contribution >= 0.6 is 0 Å². The van der Waals surface area contributed by atoms with E-state index in [0.717, 1.165) is 0 Å². The molecule has 20 heavy (non-hydrogen) atoms. The summed E-state index contributed by atoms with van der Waals surface area (Å²) in [5.41, 5.74) is 1.46. The lowest BCUT2D eigenvalue weighted by Gasteiger charge is -2.07. The van der Waals surface area contributed by atoms with Crippen molar-refractivity contribution in [2.75, 3.05) is 4.72 Å². The molecule has 0 saturated carbocycles. The normalized spacial score (nSPS) is 11.3. The Balaban J connectivity index is 2.09. The first-order valence-electron chi connectivity index (χ1n) is 5.78. The van der Waals surface area contributed by atoms with Crippen molar-refractivity contribution in [1.82, 2.24) is 9.97 Å². The van der Waals surface area contributed by atoms with Gasteiger partial charge in [-0.15, -0.1) is 0 Å². The Kier molecular flexibility index (Phi) is 2.73. The minimum atomic E-state index is -3.67. The molecule has 0 spiro atoms. The van der Waals surface area contributed by atoms with E-state index < -0.39 is 10.0 Å². The number of aromatic amines is 2. The number of sulfonamides is 1. The highest BCUT2D eigenvalue weighted by molar-refractivity contribution is 7.92. The Morgan fingerprint density at radius 1 is 1.15 bits per heavy atom. The molecule has 0 atom stereocenters. The molecule has 0 aliphatic heterocycles. The second kappa shape index (κ2) is 4.43. The quantitative estimate of drug-likeness (QED) is 0.687. The molecule has 6 nitrogen and oxygen atoms in total. The molecule has 3 N–H and O–H groups in total. The number of hydrogen-bond donors (Lipinski definition) is 3. The van der Waals surface area contributed by atoms with Gasteiger partial charge in [0.2, 0.25) is 0 Å². The zero-order valence-corrected chi connectivity index (χ0v) is 11.0. The summed E-state index contributed by atoms with van der Waals surface area (Å²) in [5, 5.41) is 9.75. The van der Waals surface area contributed by atoms with Gasteiger partial charge in [-0.3, -0.25) is 4.72 Å². The summed E-state index contributed by atoms with van der Waals surface area (Å²) in [7, 11) is -3.67. The lowest BCUT2D eigenvalue weighted by molar-refractivity contribution is 0.598. The zero-order valence-electron chi connectivity index (χ0n) is 10.2. The number of rotatable bonds is 3. The number of fused-ring (bicyclic) bond motifs is 1.